The van der Waals surface area contributed by atoms with Crippen LogP contribution in [0.2, 0.25) is 5.02 Å². The molecule has 1 nitrogen and oxygen atoms in total. The number of nitrogen functional groups attached to an aromatic ring is 1. The molecule has 0 amide bonds. The van der Waals surface area contributed by atoms with Crippen molar-refractivity contribution in [3.05, 3.63) is 28.8 Å². The summed E-state index contributed by atoms with van der Waals surface area (Å²) in [6, 6.07) is 4.94. The zero-order valence-corrected chi connectivity index (χ0v) is 11.1. The quantitative estimate of drug-likeness (QED) is 0.771. The van der Waals surface area contributed by atoms with Crippen molar-refractivity contribution < 1.29 is 13.2 Å². The Morgan fingerprint density at radius 2 is 1.94 bits per heavy atom. The van der Waals surface area contributed by atoms with Gasteiger partial charge in [0.15, 0.2) is 0 Å². The molecule has 0 spiro atoms. The summed E-state index contributed by atoms with van der Waals surface area (Å²) >= 11 is 5.87. The summed E-state index contributed by atoms with van der Waals surface area (Å²) in [6.45, 7) is 3.05. The second-order valence-electron chi connectivity index (χ2n) is 4.56. The minimum atomic E-state index is -4.17. The monoisotopic (exact) mass is 279 g/mol. The highest BCUT2D eigenvalue weighted by atomic mass is 35.5. The molecule has 0 saturated heterocycles. The van der Waals surface area contributed by atoms with Gasteiger partial charge >= 0.3 is 6.18 Å². The van der Waals surface area contributed by atoms with Gasteiger partial charge in [0.1, 0.15) is 0 Å². The Bertz CT molecular complexity index is 404. The van der Waals surface area contributed by atoms with Crippen LogP contribution in [-0.2, 0) is 0 Å². The maximum Gasteiger partial charge on any atom is 0.391 e. The van der Waals surface area contributed by atoms with Gasteiger partial charge in [-0.25, -0.2) is 0 Å². The van der Waals surface area contributed by atoms with Crippen molar-refractivity contribution in [3.63, 3.8) is 0 Å². The van der Waals surface area contributed by atoms with E-state index in [1.165, 1.54) is 6.92 Å². The lowest BCUT2D eigenvalue weighted by Crippen LogP contribution is -2.22. The smallest absolute Gasteiger partial charge is 0.391 e. The second kappa shape index (κ2) is 5.83. The molecule has 2 N–H and O–H groups in total. The van der Waals surface area contributed by atoms with E-state index in [0.29, 0.717) is 22.7 Å². The summed E-state index contributed by atoms with van der Waals surface area (Å²) in [7, 11) is 0. The van der Waals surface area contributed by atoms with Crippen LogP contribution in [-0.4, -0.2) is 6.18 Å². The summed E-state index contributed by atoms with van der Waals surface area (Å²) in [5.74, 6) is -1.57. The van der Waals surface area contributed by atoms with Crippen molar-refractivity contribution in [2.24, 2.45) is 5.92 Å². The van der Waals surface area contributed by atoms with Crippen molar-refractivity contribution in [2.75, 3.05) is 5.73 Å². The maximum atomic E-state index is 12.6. The highest BCUT2D eigenvalue weighted by Crippen LogP contribution is 2.38. The Morgan fingerprint density at radius 1 is 1.33 bits per heavy atom. The molecule has 2 unspecified atom stereocenters. The summed E-state index contributed by atoms with van der Waals surface area (Å²) in [5.41, 5.74) is 7.02. The molecule has 0 heterocycles. The van der Waals surface area contributed by atoms with Gasteiger partial charge in [-0.05, 0) is 42.5 Å². The van der Waals surface area contributed by atoms with Crippen LogP contribution in [0, 0.1) is 5.92 Å². The molecule has 0 aliphatic rings. The Kier molecular flexibility index (Phi) is 4.91. The molecular formula is C13H17ClF3N. The van der Waals surface area contributed by atoms with Crippen LogP contribution in [0.4, 0.5) is 18.9 Å². The molecule has 2 atom stereocenters. The van der Waals surface area contributed by atoms with Gasteiger partial charge in [-0.1, -0.05) is 25.4 Å². The molecule has 0 aromatic heterocycles. The van der Waals surface area contributed by atoms with Crippen molar-refractivity contribution in [1.82, 2.24) is 0 Å². The van der Waals surface area contributed by atoms with E-state index in [1.807, 2.05) is 6.92 Å². The molecule has 0 radical (unpaired) electrons. The number of benzene rings is 1. The summed E-state index contributed by atoms with van der Waals surface area (Å²) in [5, 5.41) is 0.498. The van der Waals surface area contributed by atoms with Crippen LogP contribution in [0.15, 0.2) is 18.2 Å². The summed E-state index contributed by atoms with van der Waals surface area (Å²) in [4.78, 5) is 0. The van der Waals surface area contributed by atoms with Gasteiger partial charge in [0.25, 0.3) is 0 Å². The first-order valence-electron chi connectivity index (χ1n) is 5.87. The predicted octanol–water partition coefficient (Wildman–Crippen LogP) is 5.00. The number of anilines is 1. The maximum absolute atomic E-state index is 12.6. The predicted molar refractivity (Wildman–Crippen MR) is 68.7 cm³/mol. The first kappa shape index (κ1) is 15.2. The molecule has 1 rings (SSSR count). The normalized spacial score (nSPS) is 15.4. The van der Waals surface area contributed by atoms with E-state index in [2.05, 4.69) is 0 Å². The first-order valence-corrected chi connectivity index (χ1v) is 6.25. The highest BCUT2D eigenvalue weighted by molar-refractivity contribution is 6.30. The summed E-state index contributed by atoms with van der Waals surface area (Å²) in [6.07, 6.45) is -3.53. The van der Waals surface area contributed by atoms with E-state index in [1.54, 1.807) is 18.2 Å². The molecule has 1 aromatic carbocycles. The van der Waals surface area contributed by atoms with Crippen LogP contribution in [0.5, 0.6) is 0 Å². The van der Waals surface area contributed by atoms with E-state index in [4.69, 9.17) is 17.3 Å². The van der Waals surface area contributed by atoms with Crippen LogP contribution in [0.25, 0.3) is 0 Å². The van der Waals surface area contributed by atoms with Gasteiger partial charge in [-0.15, -0.1) is 0 Å². The van der Waals surface area contributed by atoms with Crippen LogP contribution < -0.4 is 5.73 Å². The molecule has 0 saturated carbocycles. The molecule has 1 aromatic rings. The first-order chi connectivity index (χ1) is 8.25. The van der Waals surface area contributed by atoms with E-state index in [-0.39, 0.29) is 12.3 Å². The molecule has 102 valence electrons. The average molecular weight is 280 g/mol. The molecule has 18 heavy (non-hydrogen) atoms. The molecular weight excluding hydrogens is 263 g/mol. The third-order valence-corrected chi connectivity index (χ3v) is 3.41. The second-order valence-corrected chi connectivity index (χ2v) is 4.99. The fourth-order valence-electron chi connectivity index (χ4n) is 1.97. The standard InChI is InChI=1S/C13H17ClF3N/c1-3-9(6-8(2)13(15,16)17)11-7-10(14)4-5-12(11)18/h4-5,7-9H,3,6,18H2,1-2H3. The van der Waals surface area contributed by atoms with Crippen LogP contribution in [0.3, 0.4) is 0 Å². The van der Waals surface area contributed by atoms with Gasteiger partial charge in [-0.2, -0.15) is 13.2 Å². The van der Waals surface area contributed by atoms with E-state index in [0.717, 1.165) is 0 Å². The zero-order chi connectivity index (χ0) is 13.9. The Labute approximate surface area is 110 Å². The SMILES string of the molecule is CCC(CC(C)C(F)(F)F)c1cc(Cl)ccc1N. The van der Waals surface area contributed by atoms with Crippen LogP contribution in [0.1, 0.15) is 38.2 Å². The Morgan fingerprint density at radius 3 is 2.44 bits per heavy atom. The molecule has 5 heteroatoms. The number of hydrogen-bond donors (Lipinski definition) is 1. The van der Waals surface area contributed by atoms with Gasteiger partial charge in [0.05, 0.1) is 5.92 Å². The molecule has 0 aliphatic heterocycles. The fourth-order valence-corrected chi connectivity index (χ4v) is 2.15. The lowest BCUT2D eigenvalue weighted by Gasteiger charge is -2.23. The van der Waals surface area contributed by atoms with Gasteiger partial charge in [-0.3, -0.25) is 0 Å². The fraction of sp³-hybridized carbons (Fsp3) is 0.538. The lowest BCUT2D eigenvalue weighted by atomic mass is 9.86. The molecule has 0 bridgehead atoms. The lowest BCUT2D eigenvalue weighted by molar-refractivity contribution is -0.172. The number of hydrogen-bond acceptors (Lipinski definition) is 1. The topological polar surface area (TPSA) is 26.0 Å². The van der Waals surface area contributed by atoms with Gasteiger partial charge in [0, 0.05) is 10.7 Å². The number of nitrogens with two attached hydrogens (primary N) is 1. The van der Waals surface area contributed by atoms with E-state index >= 15 is 0 Å². The van der Waals surface area contributed by atoms with Crippen molar-refractivity contribution in [2.45, 2.75) is 38.8 Å². The van der Waals surface area contributed by atoms with Crippen molar-refractivity contribution in [1.29, 1.82) is 0 Å². The average Bonchev–Trinajstić information content (AvgIpc) is 2.28. The Hall–Kier alpha value is -0.900. The minimum Gasteiger partial charge on any atom is -0.398 e. The van der Waals surface area contributed by atoms with Crippen molar-refractivity contribution in [3.8, 4) is 0 Å². The van der Waals surface area contributed by atoms with Crippen LogP contribution >= 0.6 is 11.6 Å². The number of halogens is 4. The van der Waals surface area contributed by atoms with Gasteiger partial charge in [0.2, 0.25) is 0 Å². The third-order valence-electron chi connectivity index (χ3n) is 3.18. The van der Waals surface area contributed by atoms with Gasteiger partial charge < -0.3 is 5.73 Å². The van der Waals surface area contributed by atoms with E-state index in [9.17, 15) is 13.2 Å². The number of rotatable bonds is 4. The minimum absolute atomic E-state index is 0.0323. The Balaban J connectivity index is 2.93. The largest absolute Gasteiger partial charge is 0.398 e. The van der Waals surface area contributed by atoms with E-state index < -0.39 is 12.1 Å². The number of alkyl halides is 3. The molecule has 0 aliphatic carbocycles. The summed E-state index contributed by atoms with van der Waals surface area (Å²) < 4.78 is 37.8. The third kappa shape index (κ3) is 3.80. The molecule has 0 fully saturated rings. The van der Waals surface area contributed by atoms with Crippen molar-refractivity contribution >= 4 is 17.3 Å². The highest BCUT2D eigenvalue weighted by Gasteiger charge is 2.37. The zero-order valence-electron chi connectivity index (χ0n) is 10.4.